The summed E-state index contributed by atoms with van der Waals surface area (Å²) < 4.78 is 3.06. The molecule has 0 aromatic carbocycles. The van der Waals surface area contributed by atoms with Gasteiger partial charge in [-0.3, -0.25) is 20.1 Å². The van der Waals surface area contributed by atoms with Crippen LogP contribution in [0.3, 0.4) is 0 Å². The number of aryl methyl sites for hydroxylation is 1. The summed E-state index contributed by atoms with van der Waals surface area (Å²) in [6.07, 6.45) is 0.837. The Labute approximate surface area is 96.9 Å². The van der Waals surface area contributed by atoms with E-state index in [0.29, 0.717) is 17.1 Å². The van der Waals surface area contributed by atoms with Gasteiger partial charge in [-0.15, -0.1) is 0 Å². The summed E-state index contributed by atoms with van der Waals surface area (Å²) in [7, 11) is 1.58. The predicted octanol–water partition coefficient (Wildman–Crippen LogP) is -0.604. The summed E-state index contributed by atoms with van der Waals surface area (Å²) in [6.45, 7) is 3.97. The van der Waals surface area contributed by atoms with E-state index >= 15 is 0 Å². The number of nitrogens with one attached hydrogen (secondary N) is 2. The van der Waals surface area contributed by atoms with Crippen molar-refractivity contribution in [2.75, 3.05) is 5.73 Å². The van der Waals surface area contributed by atoms with Gasteiger partial charge in [0.25, 0.3) is 5.56 Å². The molecule has 92 valence electrons. The Morgan fingerprint density at radius 3 is 2.65 bits per heavy atom. The molecule has 0 bridgehead atoms. The summed E-state index contributed by atoms with van der Waals surface area (Å²) in [5, 5.41) is 0. The standard InChI is InChI=1S/C10H15N5O2/c1-4-5(2)15-6-7(12-9(15)11)14(3)10(17)13-8(6)16/h5H,4H2,1-3H3,(H3,11,12,13,16,17)/p+1. The molecule has 0 aliphatic rings. The van der Waals surface area contributed by atoms with Gasteiger partial charge >= 0.3 is 11.6 Å². The Morgan fingerprint density at radius 2 is 2.06 bits per heavy atom. The normalized spacial score (nSPS) is 13.1. The van der Waals surface area contributed by atoms with E-state index < -0.39 is 11.2 Å². The third-order valence-corrected chi connectivity index (χ3v) is 3.08. The lowest BCUT2D eigenvalue weighted by molar-refractivity contribution is -0.681. The van der Waals surface area contributed by atoms with E-state index in [4.69, 9.17) is 5.73 Å². The molecule has 0 saturated carbocycles. The van der Waals surface area contributed by atoms with Gasteiger partial charge in [0, 0.05) is 7.05 Å². The minimum absolute atomic E-state index is 0.0855. The summed E-state index contributed by atoms with van der Waals surface area (Å²) in [4.78, 5) is 28.4. The van der Waals surface area contributed by atoms with Crippen molar-refractivity contribution in [2.45, 2.75) is 26.3 Å². The molecule has 0 spiro atoms. The lowest BCUT2D eigenvalue weighted by Gasteiger charge is -2.06. The van der Waals surface area contributed by atoms with Crippen molar-refractivity contribution in [3.63, 3.8) is 0 Å². The Morgan fingerprint density at radius 1 is 1.41 bits per heavy atom. The number of H-pyrrole nitrogens is 2. The first kappa shape index (κ1) is 11.4. The van der Waals surface area contributed by atoms with Crippen molar-refractivity contribution in [3.05, 3.63) is 20.8 Å². The van der Waals surface area contributed by atoms with Crippen molar-refractivity contribution < 1.29 is 4.57 Å². The molecule has 7 nitrogen and oxygen atoms in total. The average molecular weight is 238 g/mol. The molecule has 0 radical (unpaired) electrons. The van der Waals surface area contributed by atoms with Crippen molar-refractivity contribution in [1.29, 1.82) is 0 Å². The predicted molar refractivity (Wildman–Crippen MR) is 63.8 cm³/mol. The van der Waals surface area contributed by atoms with Crippen LogP contribution >= 0.6 is 0 Å². The van der Waals surface area contributed by atoms with Crippen LogP contribution in [-0.2, 0) is 7.05 Å². The van der Waals surface area contributed by atoms with Crippen LogP contribution < -0.4 is 21.5 Å². The average Bonchev–Trinajstić information content (AvgIpc) is 2.63. The summed E-state index contributed by atoms with van der Waals surface area (Å²) >= 11 is 0. The number of rotatable bonds is 2. The highest BCUT2D eigenvalue weighted by molar-refractivity contribution is 5.67. The van der Waals surface area contributed by atoms with Crippen LogP contribution in [0.25, 0.3) is 11.2 Å². The van der Waals surface area contributed by atoms with E-state index in [-0.39, 0.29) is 6.04 Å². The molecule has 2 heterocycles. The third-order valence-electron chi connectivity index (χ3n) is 3.08. The monoisotopic (exact) mass is 238 g/mol. The van der Waals surface area contributed by atoms with Gasteiger partial charge in [0.05, 0.1) is 6.04 Å². The molecule has 2 aromatic rings. The molecular formula is C10H16N5O2+. The van der Waals surface area contributed by atoms with Crippen molar-refractivity contribution >= 4 is 17.1 Å². The molecule has 0 aliphatic carbocycles. The van der Waals surface area contributed by atoms with Crippen molar-refractivity contribution in [3.8, 4) is 0 Å². The number of aromatic nitrogens is 4. The molecule has 0 aliphatic heterocycles. The number of nitrogen functional groups attached to an aromatic ring is 1. The zero-order valence-corrected chi connectivity index (χ0v) is 10.1. The van der Waals surface area contributed by atoms with Crippen LogP contribution in [0.1, 0.15) is 26.3 Å². The van der Waals surface area contributed by atoms with Gasteiger partial charge < -0.3 is 0 Å². The molecule has 0 saturated heterocycles. The Hall–Kier alpha value is -2.05. The Balaban J connectivity index is 2.97. The van der Waals surface area contributed by atoms with E-state index in [1.807, 2.05) is 13.8 Å². The van der Waals surface area contributed by atoms with E-state index in [2.05, 4.69) is 9.97 Å². The van der Waals surface area contributed by atoms with Gasteiger partial charge in [-0.2, -0.15) is 0 Å². The SMILES string of the molecule is CCC(C)[n+]1c(N)[nH]c2c1c(=O)[nH]c(=O)n2C. The second-order valence-electron chi connectivity index (χ2n) is 4.15. The van der Waals surface area contributed by atoms with Gasteiger partial charge in [0.2, 0.25) is 11.2 Å². The number of nitrogens with two attached hydrogens (primary N) is 1. The number of aromatic amines is 2. The fourth-order valence-corrected chi connectivity index (χ4v) is 1.92. The van der Waals surface area contributed by atoms with Crippen molar-refractivity contribution in [2.24, 2.45) is 7.05 Å². The number of fused-ring (bicyclic) bond motifs is 1. The highest BCUT2D eigenvalue weighted by Gasteiger charge is 2.23. The van der Waals surface area contributed by atoms with Gasteiger partial charge in [-0.1, -0.05) is 6.92 Å². The number of nitrogens with zero attached hydrogens (tertiary/aromatic N) is 2. The second-order valence-corrected chi connectivity index (χ2v) is 4.15. The number of imidazole rings is 1. The van der Waals surface area contributed by atoms with E-state index in [1.54, 1.807) is 11.6 Å². The van der Waals surface area contributed by atoms with Crippen LogP contribution in [0, 0.1) is 0 Å². The molecule has 1 unspecified atom stereocenters. The lowest BCUT2D eigenvalue weighted by atomic mass is 10.2. The summed E-state index contributed by atoms with van der Waals surface area (Å²) in [5.74, 6) is 0.376. The van der Waals surface area contributed by atoms with Crippen LogP contribution in [0.15, 0.2) is 9.59 Å². The quantitative estimate of drug-likeness (QED) is 0.609. The maximum atomic E-state index is 11.8. The molecule has 17 heavy (non-hydrogen) atoms. The zero-order valence-electron chi connectivity index (χ0n) is 10.1. The van der Waals surface area contributed by atoms with E-state index in [0.717, 1.165) is 6.42 Å². The molecule has 2 aromatic heterocycles. The summed E-state index contributed by atoms with van der Waals surface area (Å²) in [6, 6.07) is 0.0855. The van der Waals surface area contributed by atoms with Crippen LogP contribution in [0.2, 0.25) is 0 Å². The maximum Gasteiger partial charge on any atom is 0.355 e. The highest BCUT2D eigenvalue weighted by atomic mass is 16.2. The van der Waals surface area contributed by atoms with Gasteiger partial charge in [0.1, 0.15) is 0 Å². The van der Waals surface area contributed by atoms with E-state index in [1.165, 1.54) is 4.57 Å². The number of hydrogen-bond acceptors (Lipinski definition) is 3. The third kappa shape index (κ3) is 1.54. The van der Waals surface area contributed by atoms with Gasteiger partial charge in [-0.25, -0.2) is 14.3 Å². The topological polar surface area (TPSA) is 101 Å². The zero-order chi connectivity index (χ0) is 12.7. The van der Waals surface area contributed by atoms with Crippen LogP contribution in [-0.4, -0.2) is 14.5 Å². The maximum absolute atomic E-state index is 11.8. The van der Waals surface area contributed by atoms with Gasteiger partial charge in [-0.05, 0) is 13.3 Å². The smallest absolute Gasteiger partial charge is 0.290 e. The van der Waals surface area contributed by atoms with Crippen LogP contribution in [0.4, 0.5) is 5.95 Å². The fraction of sp³-hybridized carbons (Fsp3) is 0.500. The van der Waals surface area contributed by atoms with Crippen LogP contribution in [0.5, 0.6) is 0 Å². The second kappa shape index (κ2) is 3.76. The Bertz CT molecular complexity index is 678. The number of hydrogen-bond donors (Lipinski definition) is 3. The molecule has 0 amide bonds. The minimum Gasteiger partial charge on any atom is -0.290 e. The number of anilines is 1. The van der Waals surface area contributed by atoms with Crippen molar-refractivity contribution in [1.82, 2.24) is 14.5 Å². The summed E-state index contributed by atoms with van der Waals surface area (Å²) in [5.41, 5.74) is 5.82. The molecule has 2 rings (SSSR count). The molecule has 1 atom stereocenters. The highest BCUT2D eigenvalue weighted by Crippen LogP contribution is 2.09. The first-order valence-electron chi connectivity index (χ1n) is 5.49. The minimum atomic E-state index is -0.458. The first-order chi connectivity index (χ1) is 7.97. The fourth-order valence-electron chi connectivity index (χ4n) is 1.92. The first-order valence-corrected chi connectivity index (χ1v) is 5.49. The van der Waals surface area contributed by atoms with E-state index in [9.17, 15) is 9.59 Å². The largest absolute Gasteiger partial charge is 0.355 e. The van der Waals surface area contributed by atoms with Gasteiger partial charge in [0.15, 0.2) is 0 Å². The Kier molecular flexibility index (Phi) is 2.53. The molecule has 4 N–H and O–H groups in total. The molecule has 0 fully saturated rings. The lowest BCUT2D eigenvalue weighted by Crippen LogP contribution is -2.43. The molecule has 7 heteroatoms. The molecular weight excluding hydrogens is 222 g/mol.